The van der Waals surface area contributed by atoms with Gasteiger partial charge in [-0.3, -0.25) is 13.9 Å². The average Bonchev–Trinajstić information content (AvgIpc) is 2.78. The number of hydrogen-bond donors (Lipinski definition) is 2. The van der Waals surface area contributed by atoms with E-state index in [4.69, 9.17) is 4.74 Å². The Labute approximate surface area is 193 Å². The number of hydrogen-bond acceptors (Lipinski definition) is 5. The Kier molecular flexibility index (Phi) is 7.68. The molecule has 0 saturated heterocycles. The summed E-state index contributed by atoms with van der Waals surface area (Å²) in [6, 6.07) is 21.1. The van der Waals surface area contributed by atoms with Gasteiger partial charge in [0, 0.05) is 18.3 Å². The zero-order valence-corrected chi connectivity index (χ0v) is 19.1. The third-order valence-electron chi connectivity index (χ3n) is 4.52. The quantitative estimate of drug-likeness (QED) is 0.497. The van der Waals surface area contributed by atoms with Gasteiger partial charge in [-0.1, -0.05) is 24.3 Å². The third-order valence-corrected chi connectivity index (χ3v) is 6.31. The molecule has 172 valence electrons. The molecule has 0 radical (unpaired) electrons. The van der Waals surface area contributed by atoms with Gasteiger partial charge in [-0.15, -0.1) is 0 Å². The van der Waals surface area contributed by atoms with Gasteiger partial charge in [-0.2, -0.15) is 0 Å². The monoisotopic (exact) mass is 467 g/mol. The smallest absolute Gasteiger partial charge is 0.264 e. The van der Waals surface area contributed by atoms with E-state index in [0.717, 1.165) is 4.31 Å². The molecule has 0 fully saturated rings. The van der Waals surface area contributed by atoms with Crippen LogP contribution in [0.2, 0.25) is 0 Å². The van der Waals surface area contributed by atoms with E-state index in [1.165, 1.54) is 19.1 Å². The SMILES string of the molecule is CCOc1ccc(S(=O)(=O)N(CC(=O)Nc2cccc(NC(C)=O)c2)c2ccccc2)cc1. The maximum atomic E-state index is 13.4. The van der Waals surface area contributed by atoms with E-state index in [1.807, 2.05) is 6.92 Å². The Hall–Kier alpha value is -3.85. The summed E-state index contributed by atoms with van der Waals surface area (Å²) in [5.74, 6) is -0.219. The zero-order chi connectivity index (χ0) is 23.8. The number of carbonyl (C=O) groups is 2. The maximum absolute atomic E-state index is 13.4. The summed E-state index contributed by atoms with van der Waals surface area (Å²) in [4.78, 5) is 24.1. The van der Waals surface area contributed by atoms with Crippen LogP contribution < -0.4 is 19.7 Å². The zero-order valence-electron chi connectivity index (χ0n) is 18.3. The highest BCUT2D eigenvalue weighted by Crippen LogP contribution is 2.25. The van der Waals surface area contributed by atoms with Crippen molar-refractivity contribution in [3.05, 3.63) is 78.9 Å². The average molecular weight is 468 g/mol. The van der Waals surface area contributed by atoms with Gasteiger partial charge in [-0.05, 0) is 61.5 Å². The standard InChI is InChI=1S/C24H25N3O5S/c1-3-32-22-12-14-23(15-13-22)33(30,31)27(21-10-5-4-6-11-21)17-24(29)26-20-9-7-8-19(16-20)25-18(2)28/h4-16H,3,17H2,1-2H3,(H,25,28)(H,26,29). The lowest BCUT2D eigenvalue weighted by Gasteiger charge is -2.24. The molecule has 0 aliphatic carbocycles. The third kappa shape index (κ3) is 6.33. The minimum Gasteiger partial charge on any atom is -0.494 e. The summed E-state index contributed by atoms with van der Waals surface area (Å²) < 4.78 is 33.3. The molecule has 3 aromatic carbocycles. The number of carbonyl (C=O) groups excluding carboxylic acids is 2. The number of amides is 2. The summed E-state index contributed by atoms with van der Waals surface area (Å²) in [5, 5.41) is 5.33. The first-order chi connectivity index (χ1) is 15.8. The molecular weight excluding hydrogens is 442 g/mol. The number of benzene rings is 3. The largest absolute Gasteiger partial charge is 0.494 e. The first-order valence-corrected chi connectivity index (χ1v) is 11.7. The van der Waals surface area contributed by atoms with Crippen LogP contribution in [0.25, 0.3) is 0 Å². The van der Waals surface area contributed by atoms with Gasteiger partial charge in [0.15, 0.2) is 0 Å². The van der Waals surface area contributed by atoms with Crippen molar-refractivity contribution in [2.24, 2.45) is 0 Å². The maximum Gasteiger partial charge on any atom is 0.264 e. The molecular formula is C24H25N3O5S. The van der Waals surface area contributed by atoms with Crippen molar-refractivity contribution in [2.75, 3.05) is 28.1 Å². The van der Waals surface area contributed by atoms with Gasteiger partial charge in [0.25, 0.3) is 10.0 Å². The van der Waals surface area contributed by atoms with Crippen LogP contribution in [0.4, 0.5) is 17.1 Å². The first-order valence-electron chi connectivity index (χ1n) is 10.3. The number of anilines is 3. The van der Waals surface area contributed by atoms with Gasteiger partial charge in [0.05, 0.1) is 17.2 Å². The molecule has 3 rings (SSSR count). The number of sulfonamides is 1. The molecule has 9 heteroatoms. The normalized spacial score (nSPS) is 10.8. The number of nitrogens with one attached hydrogen (secondary N) is 2. The molecule has 0 saturated carbocycles. The first kappa shape index (κ1) is 23.8. The van der Waals surface area contributed by atoms with Crippen LogP contribution in [0.1, 0.15) is 13.8 Å². The minimum atomic E-state index is -4.04. The Morgan fingerprint density at radius 2 is 1.52 bits per heavy atom. The van der Waals surface area contributed by atoms with Crippen molar-refractivity contribution in [2.45, 2.75) is 18.7 Å². The Morgan fingerprint density at radius 1 is 0.879 bits per heavy atom. The molecule has 2 N–H and O–H groups in total. The molecule has 0 aliphatic heterocycles. The van der Waals surface area contributed by atoms with E-state index < -0.39 is 22.5 Å². The number of ether oxygens (including phenoxy) is 1. The van der Waals surface area contributed by atoms with Crippen molar-refractivity contribution in [1.82, 2.24) is 0 Å². The van der Waals surface area contributed by atoms with Gasteiger partial charge < -0.3 is 15.4 Å². The number of para-hydroxylation sites is 1. The minimum absolute atomic E-state index is 0.0373. The van der Waals surface area contributed by atoms with E-state index in [0.29, 0.717) is 29.4 Å². The van der Waals surface area contributed by atoms with Gasteiger partial charge in [0.2, 0.25) is 11.8 Å². The molecule has 0 aromatic heterocycles. The lowest BCUT2D eigenvalue weighted by Crippen LogP contribution is -2.38. The molecule has 8 nitrogen and oxygen atoms in total. The van der Waals surface area contributed by atoms with Crippen molar-refractivity contribution in [3.63, 3.8) is 0 Å². The summed E-state index contributed by atoms with van der Waals surface area (Å²) in [6.07, 6.45) is 0. The predicted octanol–water partition coefficient (Wildman–Crippen LogP) is 3.88. The fourth-order valence-corrected chi connectivity index (χ4v) is 4.54. The van der Waals surface area contributed by atoms with E-state index in [1.54, 1.807) is 66.7 Å². The second kappa shape index (κ2) is 10.6. The summed E-state index contributed by atoms with van der Waals surface area (Å²) >= 11 is 0. The van der Waals surface area contributed by atoms with Crippen molar-refractivity contribution in [3.8, 4) is 5.75 Å². The number of nitrogens with zero attached hydrogens (tertiary/aromatic N) is 1. The van der Waals surface area contributed by atoms with Crippen LogP contribution >= 0.6 is 0 Å². The highest BCUT2D eigenvalue weighted by Gasteiger charge is 2.27. The second-order valence-electron chi connectivity index (χ2n) is 7.06. The molecule has 0 atom stereocenters. The van der Waals surface area contributed by atoms with Gasteiger partial charge in [0.1, 0.15) is 12.3 Å². The van der Waals surface area contributed by atoms with Crippen LogP contribution in [0.5, 0.6) is 5.75 Å². The van der Waals surface area contributed by atoms with Crippen LogP contribution in [0.3, 0.4) is 0 Å². The highest BCUT2D eigenvalue weighted by atomic mass is 32.2. The second-order valence-corrected chi connectivity index (χ2v) is 8.92. The summed E-state index contributed by atoms with van der Waals surface area (Å²) in [5.41, 5.74) is 1.30. The van der Waals surface area contributed by atoms with Crippen LogP contribution in [0.15, 0.2) is 83.8 Å². The lowest BCUT2D eigenvalue weighted by molar-refractivity contribution is -0.115. The van der Waals surface area contributed by atoms with E-state index in [2.05, 4.69) is 10.6 Å². The summed E-state index contributed by atoms with van der Waals surface area (Å²) in [7, 11) is -4.04. The van der Waals surface area contributed by atoms with Crippen LogP contribution in [-0.4, -0.2) is 33.4 Å². The van der Waals surface area contributed by atoms with Gasteiger partial charge >= 0.3 is 0 Å². The Balaban J connectivity index is 1.86. The van der Waals surface area contributed by atoms with E-state index >= 15 is 0 Å². The van der Waals surface area contributed by atoms with Crippen LogP contribution in [-0.2, 0) is 19.6 Å². The van der Waals surface area contributed by atoms with Crippen LogP contribution in [0, 0.1) is 0 Å². The molecule has 0 aliphatic rings. The van der Waals surface area contributed by atoms with E-state index in [9.17, 15) is 18.0 Å². The highest BCUT2D eigenvalue weighted by molar-refractivity contribution is 7.92. The Bertz CT molecular complexity index is 1210. The Morgan fingerprint density at radius 3 is 2.12 bits per heavy atom. The molecule has 0 spiro atoms. The predicted molar refractivity (Wildman–Crippen MR) is 128 cm³/mol. The van der Waals surface area contributed by atoms with Crippen molar-refractivity contribution < 1.29 is 22.7 Å². The lowest BCUT2D eigenvalue weighted by atomic mass is 10.2. The van der Waals surface area contributed by atoms with Gasteiger partial charge in [-0.25, -0.2) is 8.42 Å². The molecule has 0 heterocycles. The van der Waals surface area contributed by atoms with Crippen molar-refractivity contribution in [1.29, 1.82) is 0 Å². The topological polar surface area (TPSA) is 105 Å². The molecule has 2 amide bonds. The van der Waals surface area contributed by atoms with Crippen molar-refractivity contribution >= 4 is 38.9 Å². The molecule has 0 unspecified atom stereocenters. The summed E-state index contributed by atoms with van der Waals surface area (Å²) in [6.45, 7) is 3.25. The molecule has 3 aromatic rings. The molecule has 33 heavy (non-hydrogen) atoms. The fourth-order valence-electron chi connectivity index (χ4n) is 3.12. The van der Waals surface area contributed by atoms with E-state index in [-0.39, 0.29) is 10.8 Å². The number of rotatable bonds is 9. The fraction of sp³-hybridized carbons (Fsp3) is 0.167. The molecule has 0 bridgehead atoms.